The largest absolute Gasteiger partial charge is 0.479 e. The molecule has 106 valence electrons. The highest BCUT2D eigenvalue weighted by molar-refractivity contribution is 6.06. The lowest BCUT2D eigenvalue weighted by Gasteiger charge is -2.01. The SMILES string of the molecule is N#CCOc1ccc(C(=O)/C=C/c2ccc(C#N)cc2)cc1. The first-order chi connectivity index (χ1) is 10.7. The van der Waals surface area contributed by atoms with Gasteiger partial charge >= 0.3 is 0 Å². The second kappa shape index (κ2) is 7.42. The Balaban J connectivity index is 2.03. The fourth-order valence-electron chi connectivity index (χ4n) is 1.77. The lowest BCUT2D eigenvalue weighted by Crippen LogP contribution is -1.96. The van der Waals surface area contributed by atoms with Crippen molar-refractivity contribution in [2.24, 2.45) is 0 Å². The third kappa shape index (κ3) is 4.06. The first-order valence-corrected chi connectivity index (χ1v) is 6.55. The minimum atomic E-state index is -0.129. The van der Waals surface area contributed by atoms with Crippen molar-refractivity contribution in [3.05, 3.63) is 71.3 Å². The number of nitrogens with zero attached hydrogens (tertiary/aromatic N) is 2. The standard InChI is InChI=1S/C18H12N2O2/c19-11-12-22-17-8-6-16(7-9-17)18(21)10-5-14-1-3-15(13-20)4-2-14/h1-10H,12H2/b10-5+. The predicted octanol–water partition coefficient (Wildman–Crippen LogP) is 3.36. The van der Waals surface area contributed by atoms with E-state index in [2.05, 4.69) is 0 Å². The molecule has 4 nitrogen and oxygen atoms in total. The molecule has 0 radical (unpaired) electrons. The van der Waals surface area contributed by atoms with E-state index < -0.39 is 0 Å². The van der Waals surface area contributed by atoms with Gasteiger partial charge in [-0.25, -0.2) is 0 Å². The van der Waals surface area contributed by atoms with E-state index in [4.69, 9.17) is 15.3 Å². The predicted molar refractivity (Wildman–Crippen MR) is 82.1 cm³/mol. The molecule has 2 aromatic rings. The van der Waals surface area contributed by atoms with Gasteiger partial charge in [0.05, 0.1) is 11.6 Å². The van der Waals surface area contributed by atoms with E-state index in [0.717, 1.165) is 5.56 Å². The van der Waals surface area contributed by atoms with Crippen molar-refractivity contribution in [2.45, 2.75) is 0 Å². The summed E-state index contributed by atoms with van der Waals surface area (Å²) in [4.78, 5) is 12.0. The monoisotopic (exact) mass is 288 g/mol. The van der Waals surface area contributed by atoms with Gasteiger partial charge < -0.3 is 4.74 Å². The average Bonchev–Trinajstić information content (AvgIpc) is 2.58. The quantitative estimate of drug-likeness (QED) is 0.624. The number of nitriles is 2. The van der Waals surface area contributed by atoms with Gasteiger partial charge in [-0.3, -0.25) is 4.79 Å². The number of ketones is 1. The Bertz CT molecular complexity index is 761. The molecule has 22 heavy (non-hydrogen) atoms. The first-order valence-electron chi connectivity index (χ1n) is 6.55. The molecule has 0 bridgehead atoms. The number of hydrogen-bond acceptors (Lipinski definition) is 4. The zero-order valence-electron chi connectivity index (χ0n) is 11.7. The van der Waals surface area contributed by atoms with Gasteiger partial charge in [0.1, 0.15) is 11.8 Å². The molecule has 4 heteroatoms. The molecular weight excluding hydrogens is 276 g/mol. The van der Waals surface area contributed by atoms with Gasteiger partial charge in [-0.2, -0.15) is 10.5 Å². The average molecular weight is 288 g/mol. The topological polar surface area (TPSA) is 73.9 Å². The van der Waals surface area contributed by atoms with Crippen LogP contribution in [0.4, 0.5) is 0 Å². The van der Waals surface area contributed by atoms with Gasteiger partial charge in [-0.1, -0.05) is 18.2 Å². The van der Waals surface area contributed by atoms with Crippen LogP contribution in [0.1, 0.15) is 21.5 Å². The van der Waals surface area contributed by atoms with Crippen LogP contribution in [-0.2, 0) is 0 Å². The lowest BCUT2D eigenvalue weighted by atomic mass is 10.1. The molecule has 0 saturated heterocycles. The van der Waals surface area contributed by atoms with Crippen LogP contribution in [0.15, 0.2) is 54.6 Å². The third-order valence-electron chi connectivity index (χ3n) is 2.91. The number of hydrogen-bond donors (Lipinski definition) is 0. The highest BCUT2D eigenvalue weighted by Gasteiger charge is 2.02. The summed E-state index contributed by atoms with van der Waals surface area (Å²) < 4.78 is 5.12. The molecule has 0 aliphatic rings. The second-order valence-corrected chi connectivity index (χ2v) is 4.40. The fourth-order valence-corrected chi connectivity index (χ4v) is 1.77. The Labute approximate surface area is 128 Å². The Morgan fingerprint density at radius 3 is 2.32 bits per heavy atom. The Morgan fingerprint density at radius 2 is 1.73 bits per heavy atom. The minimum Gasteiger partial charge on any atom is -0.479 e. The smallest absolute Gasteiger partial charge is 0.185 e. The summed E-state index contributed by atoms with van der Waals surface area (Å²) in [5, 5.41) is 17.1. The van der Waals surface area contributed by atoms with E-state index in [1.54, 1.807) is 54.6 Å². The number of benzene rings is 2. The highest BCUT2D eigenvalue weighted by Crippen LogP contribution is 2.13. The highest BCUT2D eigenvalue weighted by atomic mass is 16.5. The van der Waals surface area contributed by atoms with E-state index in [1.807, 2.05) is 12.1 Å². The lowest BCUT2D eigenvalue weighted by molar-refractivity contribution is 0.104. The van der Waals surface area contributed by atoms with Crippen molar-refractivity contribution in [2.75, 3.05) is 6.61 Å². The normalized spacial score (nSPS) is 9.91. The second-order valence-electron chi connectivity index (χ2n) is 4.40. The number of carbonyl (C=O) groups is 1. The van der Waals surface area contributed by atoms with E-state index >= 15 is 0 Å². The van der Waals surface area contributed by atoms with Gasteiger partial charge in [-0.05, 0) is 48.0 Å². The summed E-state index contributed by atoms with van der Waals surface area (Å²) in [5.41, 5.74) is 1.96. The zero-order valence-corrected chi connectivity index (χ0v) is 11.7. The number of carbonyl (C=O) groups excluding carboxylic acids is 1. The van der Waals surface area contributed by atoms with Crippen LogP contribution in [0.25, 0.3) is 6.08 Å². The molecule has 0 aliphatic carbocycles. The summed E-state index contributed by atoms with van der Waals surface area (Å²) in [6.45, 7) is -0.0219. The molecule has 0 unspecified atom stereocenters. The van der Waals surface area contributed by atoms with Gasteiger partial charge in [0, 0.05) is 5.56 Å². The number of rotatable bonds is 5. The Kier molecular flexibility index (Phi) is 5.07. The van der Waals surface area contributed by atoms with Gasteiger partial charge in [0.2, 0.25) is 0 Å². The molecule has 2 rings (SSSR count). The van der Waals surface area contributed by atoms with Crippen LogP contribution in [0.2, 0.25) is 0 Å². The number of ether oxygens (including phenoxy) is 1. The molecule has 0 fully saturated rings. The molecule has 0 atom stereocenters. The summed E-state index contributed by atoms with van der Waals surface area (Å²) in [6.07, 6.45) is 3.18. The van der Waals surface area contributed by atoms with Crippen molar-refractivity contribution in [3.63, 3.8) is 0 Å². The van der Waals surface area contributed by atoms with E-state index in [1.165, 1.54) is 6.08 Å². The van der Waals surface area contributed by atoms with Crippen molar-refractivity contribution in [1.82, 2.24) is 0 Å². The Hall–Kier alpha value is -3.37. The molecule has 0 N–H and O–H groups in total. The molecule has 2 aromatic carbocycles. The van der Waals surface area contributed by atoms with Crippen LogP contribution in [-0.4, -0.2) is 12.4 Å². The molecule has 0 saturated carbocycles. The first kappa shape index (κ1) is 15.0. The van der Waals surface area contributed by atoms with Crippen LogP contribution >= 0.6 is 0 Å². The Morgan fingerprint density at radius 1 is 1.05 bits per heavy atom. The molecule has 0 spiro atoms. The fraction of sp³-hybridized carbons (Fsp3) is 0.0556. The van der Waals surface area contributed by atoms with Gasteiger partial charge in [-0.15, -0.1) is 0 Å². The minimum absolute atomic E-state index is 0.0219. The van der Waals surface area contributed by atoms with Crippen LogP contribution in [0.5, 0.6) is 5.75 Å². The maximum atomic E-state index is 12.0. The molecule has 0 heterocycles. The summed E-state index contributed by atoms with van der Waals surface area (Å²) in [7, 11) is 0. The van der Waals surface area contributed by atoms with Crippen LogP contribution in [0, 0.1) is 22.7 Å². The molecule has 0 aliphatic heterocycles. The van der Waals surface area contributed by atoms with Crippen LogP contribution < -0.4 is 4.74 Å². The zero-order chi connectivity index (χ0) is 15.8. The van der Waals surface area contributed by atoms with Crippen molar-refractivity contribution in [1.29, 1.82) is 10.5 Å². The van der Waals surface area contributed by atoms with Gasteiger partial charge in [0.15, 0.2) is 12.4 Å². The van der Waals surface area contributed by atoms with E-state index in [-0.39, 0.29) is 12.4 Å². The van der Waals surface area contributed by atoms with E-state index in [0.29, 0.717) is 16.9 Å². The summed E-state index contributed by atoms with van der Waals surface area (Å²) in [6, 6.07) is 17.5. The number of allylic oxidation sites excluding steroid dienone is 1. The molecule has 0 amide bonds. The van der Waals surface area contributed by atoms with E-state index in [9.17, 15) is 4.79 Å². The summed E-state index contributed by atoms with van der Waals surface area (Å²) in [5.74, 6) is 0.422. The van der Waals surface area contributed by atoms with Gasteiger partial charge in [0.25, 0.3) is 0 Å². The van der Waals surface area contributed by atoms with Crippen LogP contribution in [0.3, 0.4) is 0 Å². The third-order valence-corrected chi connectivity index (χ3v) is 2.91. The molecular formula is C18H12N2O2. The van der Waals surface area contributed by atoms with Crippen molar-refractivity contribution < 1.29 is 9.53 Å². The van der Waals surface area contributed by atoms with Crippen molar-refractivity contribution >= 4 is 11.9 Å². The maximum Gasteiger partial charge on any atom is 0.185 e. The summed E-state index contributed by atoms with van der Waals surface area (Å²) >= 11 is 0. The van der Waals surface area contributed by atoms with Crippen molar-refractivity contribution in [3.8, 4) is 17.9 Å². The maximum absolute atomic E-state index is 12.0. The molecule has 0 aromatic heterocycles.